The summed E-state index contributed by atoms with van der Waals surface area (Å²) in [5.41, 5.74) is 19.3. The number of benzene rings is 11. The monoisotopic (exact) mass is 853 g/mol. The van der Waals surface area contributed by atoms with Crippen LogP contribution in [-0.2, 0) is 5.41 Å². The summed E-state index contributed by atoms with van der Waals surface area (Å²) in [7, 11) is 0. The van der Waals surface area contributed by atoms with E-state index in [0.717, 1.165) is 44.6 Å². The van der Waals surface area contributed by atoms with Gasteiger partial charge in [-0.15, -0.1) is 0 Å². The van der Waals surface area contributed by atoms with Gasteiger partial charge in [-0.2, -0.15) is 0 Å². The van der Waals surface area contributed by atoms with Crippen LogP contribution in [0.2, 0.25) is 0 Å². The molecule has 0 saturated heterocycles. The number of rotatable bonds is 8. The van der Waals surface area contributed by atoms with Crippen LogP contribution in [0.3, 0.4) is 0 Å². The summed E-state index contributed by atoms with van der Waals surface area (Å²) in [5.74, 6) is 0. The van der Waals surface area contributed by atoms with Crippen LogP contribution >= 0.6 is 0 Å². The van der Waals surface area contributed by atoms with Crippen molar-refractivity contribution in [2.45, 2.75) is 5.41 Å². The molecule has 67 heavy (non-hydrogen) atoms. The zero-order valence-electron chi connectivity index (χ0n) is 36.7. The molecule has 0 bridgehead atoms. The van der Waals surface area contributed by atoms with Gasteiger partial charge in [-0.05, 0) is 132 Å². The first kappa shape index (κ1) is 38.7. The average molecular weight is 854 g/mol. The molecule has 0 unspecified atom stereocenters. The molecule has 1 aliphatic carbocycles. The van der Waals surface area contributed by atoms with E-state index in [1.807, 2.05) is 6.07 Å². The molecular formula is C65H43NO. The van der Waals surface area contributed by atoms with Crippen molar-refractivity contribution in [3.05, 3.63) is 283 Å². The van der Waals surface area contributed by atoms with E-state index in [4.69, 9.17) is 4.42 Å². The fraction of sp³-hybridized carbons (Fsp3) is 0.0154. The highest BCUT2D eigenvalue weighted by Gasteiger charge is 2.46. The molecule has 0 radical (unpaired) electrons. The van der Waals surface area contributed by atoms with Crippen molar-refractivity contribution < 1.29 is 4.42 Å². The average Bonchev–Trinajstić information content (AvgIpc) is 3.94. The Morgan fingerprint density at radius 2 is 0.866 bits per heavy atom. The van der Waals surface area contributed by atoms with Crippen molar-refractivity contribution in [3.63, 3.8) is 0 Å². The maximum absolute atomic E-state index is 6.47. The van der Waals surface area contributed by atoms with Gasteiger partial charge in [-0.1, -0.05) is 206 Å². The van der Waals surface area contributed by atoms with Crippen molar-refractivity contribution in [2.75, 3.05) is 4.90 Å². The number of hydrogen-bond donors (Lipinski definition) is 0. The topological polar surface area (TPSA) is 16.4 Å². The lowest BCUT2D eigenvalue weighted by atomic mass is 9.67. The minimum absolute atomic E-state index is 0.461. The van der Waals surface area contributed by atoms with Crippen LogP contribution in [0.1, 0.15) is 22.3 Å². The van der Waals surface area contributed by atoms with Crippen LogP contribution in [-0.4, -0.2) is 0 Å². The molecule has 0 N–H and O–H groups in total. The molecule has 13 rings (SSSR count). The highest BCUT2D eigenvalue weighted by atomic mass is 16.3. The van der Waals surface area contributed by atoms with E-state index in [1.165, 1.54) is 72.0 Å². The van der Waals surface area contributed by atoms with E-state index >= 15 is 0 Å². The summed E-state index contributed by atoms with van der Waals surface area (Å²) < 4.78 is 6.47. The third kappa shape index (κ3) is 6.26. The summed E-state index contributed by atoms with van der Waals surface area (Å²) in [6.45, 7) is 0. The fourth-order valence-corrected chi connectivity index (χ4v) is 10.9. The standard InChI is InChI=1S/C65H43NO/c1-3-20-51(21-4-1)65(52-22-5-2-6-23-52)58-27-11-9-24-56(58)63-55(26-14-28-59(63)65)46-36-40-54(41-37-46)66(60-29-15-31-62-64(60)57-25-10-12-30-61(57)67-62)53-38-34-45(35-39-53)48-18-13-19-49(42-48)50-33-32-44-16-7-8-17-47(44)43-50/h1-43H. The smallest absolute Gasteiger partial charge is 0.137 e. The van der Waals surface area contributed by atoms with E-state index in [0.29, 0.717) is 0 Å². The second kappa shape index (κ2) is 15.8. The summed E-state index contributed by atoms with van der Waals surface area (Å²) in [5, 5.41) is 4.68. The predicted octanol–water partition coefficient (Wildman–Crippen LogP) is 17.6. The normalized spacial score (nSPS) is 12.6. The van der Waals surface area contributed by atoms with Gasteiger partial charge in [0.15, 0.2) is 0 Å². The molecule has 0 aliphatic heterocycles. The van der Waals surface area contributed by atoms with Crippen molar-refractivity contribution in [3.8, 4) is 44.5 Å². The molecule has 12 aromatic rings. The van der Waals surface area contributed by atoms with E-state index in [2.05, 4.69) is 260 Å². The van der Waals surface area contributed by atoms with Gasteiger partial charge >= 0.3 is 0 Å². The predicted molar refractivity (Wildman–Crippen MR) is 280 cm³/mol. The Bertz CT molecular complexity index is 3750. The van der Waals surface area contributed by atoms with E-state index in [1.54, 1.807) is 0 Å². The van der Waals surface area contributed by atoms with Crippen LogP contribution < -0.4 is 4.90 Å². The van der Waals surface area contributed by atoms with Crippen LogP contribution in [0.15, 0.2) is 265 Å². The number of nitrogens with zero attached hydrogens (tertiary/aromatic N) is 1. The van der Waals surface area contributed by atoms with Crippen LogP contribution in [0, 0.1) is 0 Å². The lowest BCUT2D eigenvalue weighted by molar-refractivity contribution is 0.669. The van der Waals surface area contributed by atoms with Crippen LogP contribution in [0.5, 0.6) is 0 Å². The van der Waals surface area contributed by atoms with Gasteiger partial charge in [0.1, 0.15) is 11.2 Å². The zero-order chi connectivity index (χ0) is 44.3. The van der Waals surface area contributed by atoms with Gasteiger partial charge in [-0.25, -0.2) is 0 Å². The SMILES string of the molecule is c1ccc(C2(c3ccccc3)c3ccccc3-c3c(-c4ccc(N(c5ccc(-c6cccc(-c7ccc8ccccc8c7)c6)cc5)c5cccc6oc7ccccc7c56)cc4)cccc32)cc1. The van der Waals surface area contributed by atoms with Crippen LogP contribution in [0.25, 0.3) is 77.2 Å². The Kier molecular flexibility index (Phi) is 9.11. The van der Waals surface area contributed by atoms with Gasteiger partial charge < -0.3 is 9.32 Å². The van der Waals surface area contributed by atoms with E-state index in [-0.39, 0.29) is 0 Å². The Balaban J connectivity index is 0.934. The molecule has 2 heteroatoms. The second-order valence-electron chi connectivity index (χ2n) is 17.6. The Labute approximate surface area is 390 Å². The lowest BCUT2D eigenvalue weighted by Gasteiger charge is -2.34. The Hall–Kier alpha value is -8.72. The first-order valence-corrected chi connectivity index (χ1v) is 23.1. The quantitative estimate of drug-likeness (QED) is 0.151. The molecule has 314 valence electrons. The summed E-state index contributed by atoms with van der Waals surface area (Å²) in [4.78, 5) is 2.38. The molecule has 0 saturated carbocycles. The highest BCUT2D eigenvalue weighted by molar-refractivity contribution is 6.13. The van der Waals surface area contributed by atoms with Crippen molar-refractivity contribution in [2.24, 2.45) is 0 Å². The van der Waals surface area contributed by atoms with E-state index < -0.39 is 5.41 Å². The molecule has 1 heterocycles. The van der Waals surface area contributed by atoms with Crippen molar-refractivity contribution >= 4 is 49.8 Å². The minimum atomic E-state index is -0.461. The summed E-state index contributed by atoms with van der Waals surface area (Å²) in [6, 6.07) is 94.9. The van der Waals surface area contributed by atoms with Gasteiger partial charge in [0.25, 0.3) is 0 Å². The van der Waals surface area contributed by atoms with Crippen molar-refractivity contribution in [1.29, 1.82) is 0 Å². The molecule has 1 aromatic heterocycles. The molecular weight excluding hydrogens is 811 g/mol. The van der Waals surface area contributed by atoms with Gasteiger partial charge in [-0.3, -0.25) is 0 Å². The largest absolute Gasteiger partial charge is 0.456 e. The van der Waals surface area contributed by atoms with Crippen LogP contribution in [0.4, 0.5) is 17.1 Å². The zero-order valence-corrected chi connectivity index (χ0v) is 36.7. The van der Waals surface area contributed by atoms with E-state index in [9.17, 15) is 0 Å². The third-order valence-corrected chi connectivity index (χ3v) is 13.9. The maximum atomic E-state index is 6.47. The second-order valence-corrected chi connectivity index (χ2v) is 17.6. The number of anilines is 3. The van der Waals surface area contributed by atoms with Gasteiger partial charge in [0, 0.05) is 16.8 Å². The molecule has 1 aliphatic rings. The Morgan fingerprint density at radius 1 is 0.328 bits per heavy atom. The Morgan fingerprint density at radius 3 is 1.63 bits per heavy atom. The van der Waals surface area contributed by atoms with Gasteiger partial charge in [0.2, 0.25) is 0 Å². The molecule has 0 atom stereocenters. The molecule has 2 nitrogen and oxygen atoms in total. The molecule has 0 amide bonds. The minimum Gasteiger partial charge on any atom is -0.456 e. The summed E-state index contributed by atoms with van der Waals surface area (Å²) >= 11 is 0. The first-order chi connectivity index (χ1) is 33.2. The molecule has 11 aromatic carbocycles. The number of para-hydroxylation sites is 1. The summed E-state index contributed by atoms with van der Waals surface area (Å²) in [6.07, 6.45) is 0. The number of furan rings is 1. The maximum Gasteiger partial charge on any atom is 0.137 e. The molecule has 0 fully saturated rings. The lowest BCUT2D eigenvalue weighted by Crippen LogP contribution is -2.28. The third-order valence-electron chi connectivity index (χ3n) is 13.9. The number of fused-ring (bicyclic) bond motifs is 7. The fourth-order valence-electron chi connectivity index (χ4n) is 10.9. The van der Waals surface area contributed by atoms with Gasteiger partial charge in [0.05, 0.1) is 16.5 Å². The highest BCUT2D eigenvalue weighted by Crippen LogP contribution is 2.58. The molecule has 0 spiro atoms. The number of hydrogen-bond acceptors (Lipinski definition) is 2. The van der Waals surface area contributed by atoms with Crippen molar-refractivity contribution in [1.82, 2.24) is 0 Å². The first-order valence-electron chi connectivity index (χ1n) is 23.1.